The number of hydrogen-bond donors (Lipinski definition) is 1. The third-order valence-corrected chi connectivity index (χ3v) is 5.36. The molecular weight excluding hydrogens is 226 g/mol. The number of nitrogens with two attached hydrogens (primary N) is 1. The molecule has 0 aromatic rings. The number of carbonyl (C=O) groups is 1. The summed E-state index contributed by atoms with van der Waals surface area (Å²) in [7, 11) is 0. The Kier molecular flexibility index (Phi) is 3.35. The minimum atomic E-state index is -0.477. The van der Waals surface area contributed by atoms with Gasteiger partial charge in [0, 0.05) is 23.5 Å². The van der Waals surface area contributed by atoms with Crippen LogP contribution in [0.1, 0.15) is 59.8 Å². The predicted molar refractivity (Wildman–Crippen MR) is 72.3 cm³/mol. The van der Waals surface area contributed by atoms with Gasteiger partial charge in [-0.05, 0) is 46.0 Å². The van der Waals surface area contributed by atoms with Crippen LogP contribution in [0, 0.1) is 11.3 Å². The highest BCUT2D eigenvalue weighted by Gasteiger charge is 2.49. The van der Waals surface area contributed by atoms with Crippen LogP contribution in [-0.4, -0.2) is 23.5 Å². The number of rotatable bonds is 3. The smallest absolute Gasteiger partial charge is 0.143 e. The van der Waals surface area contributed by atoms with Crippen LogP contribution in [0.3, 0.4) is 0 Å². The molecule has 1 spiro atoms. The first-order chi connectivity index (χ1) is 8.18. The fourth-order valence-electron chi connectivity index (χ4n) is 3.00. The SMILES string of the molecule is CC(C)(N)C(C)(C)C(=O)C1CCOC2(CCC2)C1. The molecule has 1 unspecified atom stereocenters. The first kappa shape index (κ1) is 14.0. The molecule has 1 heterocycles. The van der Waals surface area contributed by atoms with Crippen molar-refractivity contribution in [2.75, 3.05) is 6.61 Å². The second kappa shape index (κ2) is 4.31. The van der Waals surface area contributed by atoms with E-state index in [1.165, 1.54) is 6.42 Å². The number of hydrogen-bond acceptors (Lipinski definition) is 3. The zero-order valence-corrected chi connectivity index (χ0v) is 12.2. The molecule has 0 bridgehead atoms. The molecule has 2 fully saturated rings. The summed E-state index contributed by atoms with van der Waals surface area (Å²) in [5, 5.41) is 0. The van der Waals surface area contributed by atoms with Crippen molar-refractivity contribution in [3.05, 3.63) is 0 Å². The molecule has 3 heteroatoms. The van der Waals surface area contributed by atoms with E-state index in [2.05, 4.69) is 0 Å². The molecule has 2 N–H and O–H groups in total. The highest BCUT2D eigenvalue weighted by atomic mass is 16.5. The summed E-state index contributed by atoms with van der Waals surface area (Å²) in [6.07, 6.45) is 5.27. The first-order valence-corrected chi connectivity index (χ1v) is 7.15. The molecule has 0 amide bonds. The molecule has 1 atom stereocenters. The standard InChI is InChI=1S/C15H27NO2/c1-13(2,14(3,4)16)12(17)11-6-9-18-15(10-11)7-5-8-15/h11H,5-10,16H2,1-4H3. The second-order valence-electron chi connectivity index (χ2n) is 7.29. The number of Topliss-reactive ketones (excluding diaryl/α,β-unsaturated/α-hetero) is 1. The van der Waals surface area contributed by atoms with Crippen LogP contribution in [0.25, 0.3) is 0 Å². The zero-order chi connectivity index (χ0) is 13.6. The Morgan fingerprint density at radius 3 is 2.33 bits per heavy atom. The summed E-state index contributed by atoms with van der Waals surface area (Å²) in [6, 6.07) is 0. The van der Waals surface area contributed by atoms with Crippen molar-refractivity contribution in [1.82, 2.24) is 0 Å². The lowest BCUT2D eigenvalue weighted by molar-refractivity contribution is -0.162. The monoisotopic (exact) mass is 253 g/mol. The molecule has 2 rings (SSSR count). The Labute approximate surface area is 110 Å². The van der Waals surface area contributed by atoms with Crippen LogP contribution in [0.4, 0.5) is 0 Å². The Bertz CT molecular complexity index is 337. The molecule has 1 aliphatic heterocycles. The highest BCUT2D eigenvalue weighted by molar-refractivity contribution is 5.87. The Hall–Kier alpha value is -0.410. The van der Waals surface area contributed by atoms with E-state index < -0.39 is 11.0 Å². The summed E-state index contributed by atoms with van der Waals surface area (Å²) < 4.78 is 5.90. The summed E-state index contributed by atoms with van der Waals surface area (Å²) in [5.74, 6) is 0.460. The molecule has 0 radical (unpaired) electrons. The van der Waals surface area contributed by atoms with E-state index in [1.807, 2.05) is 27.7 Å². The molecule has 3 nitrogen and oxygen atoms in total. The molecule has 1 saturated heterocycles. The van der Waals surface area contributed by atoms with Gasteiger partial charge in [-0.3, -0.25) is 4.79 Å². The minimum absolute atomic E-state index is 0.0351. The van der Waals surface area contributed by atoms with Crippen molar-refractivity contribution in [2.24, 2.45) is 17.1 Å². The third kappa shape index (κ3) is 2.23. The van der Waals surface area contributed by atoms with Gasteiger partial charge >= 0.3 is 0 Å². The summed E-state index contributed by atoms with van der Waals surface area (Å²) in [4.78, 5) is 12.8. The Balaban J connectivity index is 2.09. The van der Waals surface area contributed by atoms with Gasteiger partial charge in [-0.1, -0.05) is 13.8 Å². The molecule has 104 valence electrons. The Morgan fingerprint density at radius 2 is 1.89 bits per heavy atom. The lowest BCUT2D eigenvalue weighted by Crippen LogP contribution is -2.56. The molecule has 0 aromatic carbocycles. The lowest BCUT2D eigenvalue weighted by atomic mass is 9.64. The van der Waals surface area contributed by atoms with Crippen LogP contribution in [0.15, 0.2) is 0 Å². The van der Waals surface area contributed by atoms with Gasteiger partial charge in [0.05, 0.1) is 5.60 Å². The average molecular weight is 253 g/mol. The largest absolute Gasteiger partial charge is 0.375 e. The fraction of sp³-hybridized carbons (Fsp3) is 0.933. The normalized spacial score (nSPS) is 27.9. The summed E-state index contributed by atoms with van der Waals surface area (Å²) in [6.45, 7) is 8.60. The van der Waals surface area contributed by atoms with Crippen molar-refractivity contribution in [3.63, 3.8) is 0 Å². The molecule has 0 aromatic heterocycles. The first-order valence-electron chi connectivity index (χ1n) is 7.15. The van der Waals surface area contributed by atoms with E-state index >= 15 is 0 Å². The Morgan fingerprint density at radius 1 is 1.28 bits per heavy atom. The van der Waals surface area contributed by atoms with Gasteiger partial charge in [-0.2, -0.15) is 0 Å². The van der Waals surface area contributed by atoms with Crippen LogP contribution >= 0.6 is 0 Å². The minimum Gasteiger partial charge on any atom is -0.375 e. The summed E-state index contributed by atoms with van der Waals surface area (Å²) in [5.41, 5.74) is 5.27. The van der Waals surface area contributed by atoms with Gasteiger partial charge in [0.15, 0.2) is 0 Å². The lowest BCUT2D eigenvalue weighted by Gasteiger charge is -2.49. The van der Waals surface area contributed by atoms with Crippen LogP contribution < -0.4 is 5.73 Å². The van der Waals surface area contributed by atoms with Gasteiger partial charge < -0.3 is 10.5 Å². The van der Waals surface area contributed by atoms with Crippen molar-refractivity contribution in [3.8, 4) is 0 Å². The van der Waals surface area contributed by atoms with E-state index in [0.717, 1.165) is 32.3 Å². The summed E-state index contributed by atoms with van der Waals surface area (Å²) >= 11 is 0. The van der Waals surface area contributed by atoms with Crippen LogP contribution in [0.2, 0.25) is 0 Å². The molecule has 1 saturated carbocycles. The predicted octanol–water partition coefficient (Wildman–Crippen LogP) is 2.67. The van der Waals surface area contributed by atoms with Gasteiger partial charge in [0.1, 0.15) is 5.78 Å². The topological polar surface area (TPSA) is 52.3 Å². The number of carbonyl (C=O) groups excluding carboxylic acids is 1. The van der Waals surface area contributed by atoms with Gasteiger partial charge in [0.2, 0.25) is 0 Å². The highest BCUT2D eigenvalue weighted by Crippen LogP contribution is 2.46. The fourth-order valence-corrected chi connectivity index (χ4v) is 3.00. The van der Waals surface area contributed by atoms with Crippen molar-refractivity contribution < 1.29 is 9.53 Å². The second-order valence-corrected chi connectivity index (χ2v) is 7.29. The van der Waals surface area contributed by atoms with Gasteiger partial charge in [-0.15, -0.1) is 0 Å². The van der Waals surface area contributed by atoms with Crippen LogP contribution in [0.5, 0.6) is 0 Å². The van der Waals surface area contributed by atoms with Crippen molar-refractivity contribution >= 4 is 5.78 Å². The molecule has 18 heavy (non-hydrogen) atoms. The van der Waals surface area contributed by atoms with E-state index in [9.17, 15) is 4.79 Å². The van der Waals surface area contributed by atoms with Crippen LogP contribution in [-0.2, 0) is 9.53 Å². The molecular formula is C15H27NO2. The quantitative estimate of drug-likeness (QED) is 0.841. The van der Waals surface area contributed by atoms with E-state index in [4.69, 9.17) is 10.5 Å². The van der Waals surface area contributed by atoms with Crippen molar-refractivity contribution in [1.29, 1.82) is 0 Å². The number of ether oxygens (including phenoxy) is 1. The van der Waals surface area contributed by atoms with E-state index in [0.29, 0.717) is 5.78 Å². The zero-order valence-electron chi connectivity index (χ0n) is 12.2. The van der Waals surface area contributed by atoms with Crippen molar-refractivity contribution in [2.45, 2.75) is 70.9 Å². The average Bonchev–Trinajstić information content (AvgIpc) is 2.24. The maximum Gasteiger partial charge on any atom is 0.143 e. The van der Waals surface area contributed by atoms with Gasteiger partial charge in [-0.25, -0.2) is 0 Å². The number of ketones is 1. The molecule has 2 aliphatic rings. The van der Waals surface area contributed by atoms with E-state index in [1.54, 1.807) is 0 Å². The molecule has 1 aliphatic carbocycles. The van der Waals surface area contributed by atoms with E-state index in [-0.39, 0.29) is 11.5 Å². The van der Waals surface area contributed by atoms with Gasteiger partial charge in [0.25, 0.3) is 0 Å². The third-order valence-electron chi connectivity index (χ3n) is 5.36. The maximum atomic E-state index is 12.8. The maximum absolute atomic E-state index is 12.8.